The van der Waals surface area contributed by atoms with Crippen LogP contribution < -0.4 is 10.1 Å². The van der Waals surface area contributed by atoms with Crippen LogP contribution in [0.3, 0.4) is 0 Å². The van der Waals surface area contributed by atoms with Crippen molar-refractivity contribution < 1.29 is 29.3 Å². The first-order chi connectivity index (χ1) is 18.9. The molecule has 0 radical (unpaired) electrons. The summed E-state index contributed by atoms with van der Waals surface area (Å²) in [7, 11) is 0. The Bertz CT molecular complexity index is 1420. The molecule has 2 amide bonds. The molecule has 8 nitrogen and oxygen atoms in total. The maximum atomic E-state index is 13.4. The number of nitrogens with one attached hydrogen (secondary N) is 1. The number of para-hydroxylation sites is 1. The van der Waals surface area contributed by atoms with E-state index in [2.05, 4.69) is 5.32 Å². The third-order valence-corrected chi connectivity index (χ3v) is 5.92. The van der Waals surface area contributed by atoms with Gasteiger partial charge in [0.05, 0.1) is 12.8 Å². The predicted molar refractivity (Wildman–Crippen MR) is 147 cm³/mol. The minimum atomic E-state index is -1.09. The van der Waals surface area contributed by atoms with E-state index in [1.807, 2.05) is 84.9 Å². The van der Waals surface area contributed by atoms with E-state index >= 15 is 0 Å². The molecule has 8 heteroatoms. The van der Waals surface area contributed by atoms with Crippen molar-refractivity contribution in [1.29, 1.82) is 0 Å². The smallest absolute Gasteiger partial charge is 0.322 e. The molecule has 4 rings (SSSR count). The lowest BCUT2D eigenvalue weighted by Gasteiger charge is -2.24. The van der Waals surface area contributed by atoms with E-state index in [0.29, 0.717) is 35.7 Å². The van der Waals surface area contributed by atoms with E-state index in [4.69, 9.17) is 9.84 Å². The van der Waals surface area contributed by atoms with Crippen LogP contribution in [0.1, 0.15) is 22.3 Å². The number of aliphatic carboxylic acids is 2. The van der Waals surface area contributed by atoms with Gasteiger partial charge in [-0.2, -0.15) is 0 Å². The zero-order chi connectivity index (χ0) is 27.6. The van der Waals surface area contributed by atoms with Crippen LogP contribution in [-0.4, -0.2) is 33.1 Å². The summed E-state index contributed by atoms with van der Waals surface area (Å²) in [6, 6.07) is 30.8. The summed E-state index contributed by atoms with van der Waals surface area (Å²) < 4.78 is 5.86. The minimum Gasteiger partial charge on any atom is -0.481 e. The van der Waals surface area contributed by atoms with Gasteiger partial charge in [-0.3, -0.25) is 9.59 Å². The molecule has 0 aliphatic carbocycles. The Morgan fingerprint density at radius 3 is 1.79 bits per heavy atom. The SMILES string of the molecule is O=C(O)Cc1ccc(NC(=O)N(Cc2ccccc2)Cc2ccc(Oc3ccccc3)cc2)cc1CC(=O)O. The average Bonchev–Trinajstić information content (AvgIpc) is 2.91. The Hall–Kier alpha value is -5.11. The van der Waals surface area contributed by atoms with Crippen LogP contribution >= 0.6 is 0 Å². The highest BCUT2D eigenvalue weighted by molar-refractivity contribution is 5.90. The monoisotopic (exact) mass is 524 g/mol. The minimum absolute atomic E-state index is 0.305. The number of nitrogens with zero attached hydrogens (tertiary/aromatic N) is 1. The Balaban J connectivity index is 1.52. The van der Waals surface area contributed by atoms with E-state index in [1.165, 1.54) is 12.1 Å². The molecule has 0 saturated carbocycles. The fourth-order valence-corrected chi connectivity index (χ4v) is 4.08. The summed E-state index contributed by atoms with van der Waals surface area (Å²) in [6.07, 6.45) is -0.654. The summed E-state index contributed by atoms with van der Waals surface area (Å²) in [5.41, 5.74) is 2.95. The molecule has 198 valence electrons. The van der Waals surface area contributed by atoms with Gasteiger partial charge in [0.15, 0.2) is 0 Å². The molecule has 0 bridgehead atoms. The topological polar surface area (TPSA) is 116 Å². The summed E-state index contributed by atoms with van der Waals surface area (Å²) in [4.78, 5) is 37.6. The van der Waals surface area contributed by atoms with Crippen molar-refractivity contribution in [3.05, 3.63) is 125 Å². The van der Waals surface area contributed by atoms with E-state index in [0.717, 1.165) is 16.9 Å². The van der Waals surface area contributed by atoms with Gasteiger partial charge in [0.1, 0.15) is 11.5 Å². The van der Waals surface area contributed by atoms with Gasteiger partial charge >= 0.3 is 18.0 Å². The van der Waals surface area contributed by atoms with Crippen LogP contribution in [0.5, 0.6) is 11.5 Å². The fourth-order valence-electron chi connectivity index (χ4n) is 4.08. The van der Waals surface area contributed by atoms with Gasteiger partial charge < -0.3 is 25.2 Å². The zero-order valence-corrected chi connectivity index (χ0v) is 21.1. The van der Waals surface area contributed by atoms with Gasteiger partial charge in [-0.25, -0.2) is 4.79 Å². The second-order valence-corrected chi connectivity index (χ2v) is 8.96. The van der Waals surface area contributed by atoms with Crippen LogP contribution in [0.25, 0.3) is 0 Å². The molecule has 0 fully saturated rings. The highest BCUT2D eigenvalue weighted by Crippen LogP contribution is 2.23. The van der Waals surface area contributed by atoms with Crippen LogP contribution in [0, 0.1) is 0 Å². The van der Waals surface area contributed by atoms with Gasteiger partial charge in [-0.05, 0) is 58.7 Å². The summed E-state index contributed by atoms with van der Waals surface area (Å²) >= 11 is 0. The molecular formula is C31H28N2O6. The Kier molecular flexibility index (Phi) is 8.92. The fraction of sp³-hybridized carbons (Fsp3) is 0.129. The second kappa shape index (κ2) is 12.9. The lowest BCUT2D eigenvalue weighted by atomic mass is 10.0. The first kappa shape index (κ1) is 26.9. The Labute approximate surface area is 226 Å². The molecule has 0 atom stereocenters. The van der Waals surface area contributed by atoms with Crippen LogP contribution in [0.2, 0.25) is 0 Å². The van der Waals surface area contributed by atoms with Crippen LogP contribution in [0.15, 0.2) is 103 Å². The number of hydrogen-bond donors (Lipinski definition) is 3. The third kappa shape index (κ3) is 8.19. The van der Waals surface area contributed by atoms with Gasteiger partial charge in [-0.1, -0.05) is 66.7 Å². The molecule has 0 saturated heterocycles. The number of benzene rings is 4. The summed E-state index contributed by atoms with van der Waals surface area (Å²) in [6.45, 7) is 0.652. The number of carbonyl (C=O) groups is 3. The van der Waals surface area contributed by atoms with Crippen LogP contribution in [-0.2, 0) is 35.5 Å². The van der Waals surface area contributed by atoms with Crippen molar-refractivity contribution >= 4 is 23.7 Å². The lowest BCUT2D eigenvalue weighted by Crippen LogP contribution is -2.34. The highest BCUT2D eigenvalue weighted by atomic mass is 16.5. The number of amides is 2. The van der Waals surface area contributed by atoms with Gasteiger partial charge in [-0.15, -0.1) is 0 Å². The number of urea groups is 1. The second-order valence-electron chi connectivity index (χ2n) is 8.96. The van der Waals surface area contributed by atoms with Crippen molar-refractivity contribution in [2.75, 3.05) is 5.32 Å². The number of ether oxygens (including phenoxy) is 1. The molecule has 0 aliphatic rings. The Morgan fingerprint density at radius 2 is 1.18 bits per heavy atom. The van der Waals surface area contributed by atoms with E-state index < -0.39 is 11.9 Å². The maximum Gasteiger partial charge on any atom is 0.322 e. The largest absolute Gasteiger partial charge is 0.481 e. The molecule has 4 aromatic rings. The number of anilines is 1. The zero-order valence-electron chi connectivity index (χ0n) is 21.1. The Morgan fingerprint density at radius 1 is 0.641 bits per heavy atom. The molecular weight excluding hydrogens is 496 g/mol. The lowest BCUT2D eigenvalue weighted by molar-refractivity contribution is -0.137. The normalized spacial score (nSPS) is 10.5. The van der Waals surface area contributed by atoms with Crippen molar-refractivity contribution in [1.82, 2.24) is 4.90 Å². The van der Waals surface area contributed by atoms with E-state index in [1.54, 1.807) is 11.0 Å². The van der Waals surface area contributed by atoms with Gasteiger partial charge in [0.25, 0.3) is 0 Å². The van der Waals surface area contributed by atoms with Crippen molar-refractivity contribution in [3.63, 3.8) is 0 Å². The molecule has 3 N–H and O–H groups in total. The molecule has 4 aromatic carbocycles. The quantitative estimate of drug-likeness (QED) is 0.223. The number of hydrogen-bond acceptors (Lipinski definition) is 4. The number of carbonyl (C=O) groups excluding carboxylic acids is 1. The van der Waals surface area contributed by atoms with Gasteiger partial charge in [0, 0.05) is 18.8 Å². The van der Waals surface area contributed by atoms with E-state index in [9.17, 15) is 19.5 Å². The first-order valence-corrected chi connectivity index (χ1v) is 12.3. The molecule has 0 spiro atoms. The molecule has 0 heterocycles. The molecule has 39 heavy (non-hydrogen) atoms. The molecule has 0 aliphatic heterocycles. The van der Waals surface area contributed by atoms with Gasteiger partial charge in [0.2, 0.25) is 0 Å². The summed E-state index contributed by atoms with van der Waals surface area (Å²) in [5, 5.41) is 21.3. The highest BCUT2D eigenvalue weighted by Gasteiger charge is 2.17. The van der Waals surface area contributed by atoms with E-state index in [-0.39, 0.29) is 18.9 Å². The number of rotatable bonds is 11. The summed E-state index contributed by atoms with van der Waals surface area (Å²) in [5.74, 6) is -0.744. The van der Waals surface area contributed by atoms with Crippen molar-refractivity contribution in [2.45, 2.75) is 25.9 Å². The number of carboxylic acids is 2. The maximum absolute atomic E-state index is 13.4. The standard InChI is InChI=1S/C31H28N2O6/c34-29(35)18-24-13-14-26(17-25(24)19-30(36)37)32-31(38)33(20-22-7-3-1-4-8-22)21-23-11-15-28(16-12-23)39-27-9-5-2-6-10-27/h1-17H,18-21H2,(H,32,38)(H,34,35)(H,36,37). The first-order valence-electron chi connectivity index (χ1n) is 12.3. The van der Waals surface area contributed by atoms with Crippen LogP contribution in [0.4, 0.5) is 10.5 Å². The number of carboxylic acid groups (broad SMARTS) is 2. The predicted octanol–water partition coefficient (Wildman–Crippen LogP) is 5.97. The van der Waals surface area contributed by atoms with Crippen molar-refractivity contribution in [2.24, 2.45) is 0 Å². The molecule has 0 unspecified atom stereocenters. The molecule has 0 aromatic heterocycles. The third-order valence-electron chi connectivity index (χ3n) is 5.92. The average molecular weight is 525 g/mol. The van der Waals surface area contributed by atoms with Crippen molar-refractivity contribution in [3.8, 4) is 11.5 Å².